The van der Waals surface area contributed by atoms with E-state index in [1.165, 1.54) is 32.1 Å². The molecule has 0 heterocycles. The number of aliphatic hydroxyl groups is 1. The molecule has 142 valence electrons. The maximum Gasteiger partial charge on any atom is 0.184 e. The van der Waals surface area contributed by atoms with Gasteiger partial charge >= 0.3 is 0 Å². The van der Waals surface area contributed by atoms with E-state index in [0.717, 1.165) is 24.3 Å². The number of aliphatic hydroxyl groups excluding tert-OH is 1. The summed E-state index contributed by atoms with van der Waals surface area (Å²) in [5.41, 5.74) is 1.13. The van der Waals surface area contributed by atoms with E-state index in [-0.39, 0.29) is 18.6 Å². The second-order valence-corrected chi connectivity index (χ2v) is 12.8. The van der Waals surface area contributed by atoms with Gasteiger partial charge in [-0.25, -0.2) is 0 Å². The molecule has 25 heavy (non-hydrogen) atoms. The molecule has 0 saturated heterocycles. The largest absolute Gasteiger partial charge is 0.493 e. The van der Waals surface area contributed by atoms with Crippen LogP contribution in [0.25, 0.3) is 0 Å². The molecule has 1 aliphatic rings. The summed E-state index contributed by atoms with van der Waals surface area (Å²) < 4.78 is 12.5. The maximum atomic E-state index is 9.80. The van der Waals surface area contributed by atoms with Crippen molar-refractivity contribution in [3.05, 3.63) is 29.8 Å². The number of rotatable bonds is 9. The van der Waals surface area contributed by atoms with Gasteiger partial charge in [0, 0.05) is 12.5 Å². The Kier molecular flexibility index (Phi) is 7.98. The van der Waals surface area contributed by atoms with Crippen molar-refractivity contribution in [2.24, 2.45) is 11.8 Å². The van der Waals surface area contributed by atoms with Gasteiger partial charge < -0.3 is 14.3 Å². The van der Waals surface area contributed by atoms with Gasteiger partial charge in [-0.05, 0) is 62.5 Å². The number of ether oxygens (including phenoxy) is 1. The zero-order valence-corrected chi connectivity index (χ0v) is 17.5. The molecular formula is C21H36O3Si. The van der Waals surface area contributed by atoms with Crippen molar-refractivity contribution in [3.8, 4) is 5.75 Å². The van der Waals surface area contributed by atoms with Crippen molar-refractivity contribution >= 4 is 8.32 Å². The second kappa shape index (κ2) is 9.74. The van der Waals surface area contributed by atoms with Gasteiger partial charge in [0.15, 0.2) is 8.32 Å². The van der Waals surface area contributed by atoms with E-state index in [0.29, 0.717) is 5.92 Å². The van der Waals surface area contributed by atoms with Gasteiger partial charge in [-0.1, -0.05) is 38.3 Å². The smallest absolute Gasteiger partial charge is 0.184 e. The Labute approximate surface area is 154 Å². The van der Waals surface area contributed by atoms with Crippen LogP contribution in [0, 0.1) is 11.8 Å². The lowest BCUT2D eigenvalue weighted by molar-refractivity contribution is 0.0781. The summed E-state index contributed by atoms with van der Waals surface area (Å²) in [5, 5.41) is 9.80. The Morgan fingerprint density at radius 3 is 2.48 bits per heavy atom. The summed E-state index contributed by atoms with van der Waals surface area (Å²) in [6.07, 6.45) is 7.50. The summed E-state index contributed by atoms with van der Waals surface area (Å²) in [5.74, 6) is 1.76. The average Bonchev–Trinajstić information content (AvgIpc) is 2.60. The molecule has 2 rings (SSSR count). The van der Waals surface area contributed by atoms with Crippen LogP contribution in [-0.2, 0) is 4.43 Å². The molecule has 1 aliphatic carbocycles. The van der Waals surface area contributed by atoms with Crippen LogP contribution in [0.5, 0.6) is 5.75 Å². The van der Waals surface area contributed by atoms with Gasteiger partial charge in [-0.2, -0.15) is 0 Å². The lowest BCUT2D eigenvalue weighted by atomic mass is 9.90. The first-order valence-corrected chi connectivity index (χ1v) is 13.3. The van der Waals surface area contributed by atoms with Crippen LogP contribution >= 0.6 is 0 Å². The highest BCUT2D eigenvalue weighted by Crippen LogP contribution is 2.33. The maximum absolute atomic E-state index is 9.80. The molecule has 1 fully saturated rings. The molecule has 0 spiro atoms. The third kappa shape index (κ3) is 6.76. The molecule has 1 unspecified atom stereocenters. The van der Waals surface area contributed by atoms with Gasteiger partial charge in [-0.15, -0.1) is 0 Å². The molecule has 0 bridgehead atoms. The number of benzene rings is 1. The minimum absolute atomic E-state index is 0.0557. The van der Waals surface area contributed by atoms with E-state index in [1.807, 2.05) is 6.07 Å². The average molecular weight is 365 g/mol. The third-order valence-corrected chi connectivity index (χ3v) is 6.03. The fraction of sp³-hybridized carbons (Fsp3) is 0.714. The monoisotopic (exact) mass is 364 g/mol. The van der Waals surface area contributed by atoms with Crippen molar-refractivity contribution in [1.82, 2.24) is 0 Å². The molecule has 0 aliphatic heterocycles. The van der Waals surface area contributed by atoms with Crippen molar-refractivity contribution in [2.45, 2.75) is 71.2 Å². The summed E-state index contributed by atoms with van der Waals surface area (Å²) in [7, 11) is -1.71. The fourth-order valence-electron chi connectivity index (χ4n) is 3.61. The van der Waals surface area contributed by atoms with E-state index < -0.39 is 8.32 Å². The molecule has 0 aromatic heterocycles. The van der Waals surface area contributed by atoms with Crippen LogP contribution in [0.1, 0.15) is 57.1 Å². The van der Waals surface area contributed by atoms with E-state index in [4.69, 9.17) is 9.16 Å². The summed E-state index contributed by atoms with van der Waals surface area (Å²) >= 11 is 0. The van der Waals surface area contributed by atoms with Crippen LogP contribution in [-0.4, -0.2) is 26.6 Å². The summed E-state index contributed by atoms with van der Waals surface area (Å²) in [6, 6.07) is 8.32. The van der Waals surface area contributed by atoms with Gasteiger partial charge in [0.05, 0.1) is 12.7 Å². The van der Waals surface area contributed by atoms with Crippen LogP contribution in [0.2, 0.25) is 19.6 Å². The zero-order valence-electron chi connectivity index (χ0n) is 16.5. The Morgan fingerprint density at radius 1 is 1.16 bits per heavy atom. The standard InChI is InChI=1S/C21H36O3Si/c1-5-18(15-22)21(24-25(2,3)4)19-12-9-13-20(14-19)23-16-17-10-7-6-8-11-17/h9,12-14,17-18,21-22H,5-8,10-11,15-16H2,1-4H3/t18?,21-/m1/s1. The van der Waals surface area contributed by atoms with Gasteiger partial charge in [0.1, 0.15) is 5.75 Å². The van der Waals surface area contributed by atoms with Crippen molar-refractivity contribution < 1.29 is 14.3 Å². The molecule has 1 aromatic rings. The van der Waals surface area contributed by atoms with Crippen molar-refractivity contribution in [3.63, 3.8) is 0 Å². The van der Waals surface area contributed by atoms with E-state index in [9.17, 15) is 5.11 Å². The van der Waals surface area contributed by atoms with E-state index in [2.05, 4.69) is 44.8 Å². The zero-order chi connectivity index (χ0) is 18.3. The molecule has 1 N–H and O–H groups in total. The third-order valence-electron chi connectivity index (χ3n) is 5.06. The van der Waals surface area contributed by atoms with Crippen LogP contribution in [0.4, 0.5) is 0 Å². The summed E-state index contributed by atoms with van der Waals surface area (Å²) in [4.78, 5) is 0. The Bertz CT molecular complexity index is 502. The minimum atomic E-state index is -1.71. The Hall–Kier alpha value is -0.843. The van der Waals surface area contributed by atoms with E-state index >= 15 is 0 Å². The molecule has 1 saturated carbocycles. The first kappa shape index (κ1) is 20.5. The first-order chi connectivity index (χ1) is 11.9. The van der Waals surface area contributed by atoms with Gasteiger partial charge in [0.2, 0.25) is 0 Å². The lowest BCUT2D eigenvalue weighted by Gasteiger charge is -2.32. The highest BCUT2D eigenvalue weighted by atomic mass is 28.4. The van der Waals surface area contributed by atoms with Crippen LogP contribution in [0.15, 0.2) is 24.3 Å². The molecule has 0 amide bonds. The molecule has 1 aromatic carbocycles. The van der Waals surface area contributed by atoms with Gasteiger partial charge in [0.25, 0.3) is 0 Å². The van der Waals surface area contributed by atoms with Crippen molar-refractivity contribution in [2.75, 3.05) is 13.2 Å². The number of hydrogen-bond donors (Lipinski definition) is 1. The molecule has 0 radical (unpaired) electrons. The highest BCUT2D eigenvalue weighted by Gasteiger charge is 2.28. The predicted molar refractivity (Wildman–Crippen MR) is 107 cm³/mol. The molecular weight excluding hydrogens is 328 g/mol. The summed E-state index contributed by atoms with van der Waals surface area (Å²) in [6.45, 7) is 9.69. The van der Waals surface area contributed by atoms with E-state index in [1.54, 1.807) is 0 Å². The quantitative estimate of drug-likeness (QED) is 0.583. The lowest BCUT2D eigenvalue weighted by Crippen LogP contribution is -2.32. The predicted octanol–water partition coefficient (Wildman–Crippen LogP) is 5.56. The van der Waals surface area contributed by atoms with Gasteiger partial charge in [-0.3, -0.25) is 0 Å². The Morgan fingerprint density at radius 2 is 1.88 bits per heavy atom. The van der Waals surface area contributed by atoms with Crippen molar-refractivity contribution in [1.29, 1.82) is 0 Å². The minimum Gasteiger partial charge on any atom is -0.493 e. The van der Waals surface area contributed by atoms with Crippen LogP contribution in [0.3, 0.4) is 0 Å². The highest BCUT2D eigenvalue weighted by molar-refractivity contribution is 6.69. The Balaban J connectivity index is 2.09. The topological polar surface area (TPSA) is 38.7 Å². The SMILES string of the molecule is CCC(CO)[C@@H](O[Si](C)(C)C)c1cccc(OCC2CCCCC2)c1. The van der Waals surface area contributed by atoms with Crippen LogP contribution < -0.4 is 4.74 Å². The molecule has 4 heteroatoms. The fourth-order valence-corrected chi connectivity index (χ4v) is 4.70. The number of hydrogen-bond acceptors (Lipinski definition) is 3. The first-order valence-electron chi connectivity index (χ1n) is 9.94. The molecule has 2 atom stereocenters. The normalized spacial score (nSPS) is 18.8. The molecule has 3 nitrogen and oxygen atoms in total. The second-order valence-electron chi connectivity index (χ2n) is 8.39.